The average molecular weight is 1870 g/mol. The van der Waals surface area contributed by atoms with Gasteiger partial charge in [-0.3, -0.25) is 48.7 Å². The number of hydrogen-bond donors (Lipinski definition) is 0. The molecule has 0 saturated heterocycles. The Morgan fingerprint density at radius 1 is 0.261 bits per heavy atom. The molecule has 0 aromatic carbocycles. The molecular weight excluding hydrogens is 1750 g/mol. The number of methoxy groups -OCH3 is 6. The van der Waals surface area contributed by atoms with Gasteiger partial charge in [0.1, 0.15) is 115 Å². The number of carbonyl (C=O) groups is 6. The standard InChI is InChI=1S/2C18H22N2O3.2C17H20N2O3.2C16H20N2O3S/c2*1-12-5-6-15(19-10-12)8-18(21)17-9-16(7-13(2)20-17)23-14(3)11-22-4;2*1-12-8-15(22-13(2)11-21-3)10-16(19-12)17(20)9-14-6-4-5-7-18-14;2*1-10-5-13(21-12(3)8-20-4)6-14(17-10)15(19)7-16-18-11(2)9-22-16/h2*5-7,9-10,14H,8,11H2,1-4H3;2*4-8,10,13H,9,11H2,1-3H3;2*5-6,9,12H,7-8H2,1-4H3/t2*14-;2*13-;2*12-/m101010/s1. The summed E-state index contributed by atoms with van der Waals surface area (Å²) in [5.41, 5.74) is 13.8. The number of rotatable bonds is 42. The van der Waals surface area contributed by atoms with Gasteiger partial charge in [-0.15, -0.1) is 22.7 Å². The third kappa shape index (κ3) is 40.4. The van der Waals surface area contributed by atoms with E-state index in [9.17, 15) is 28.8 Å². The maximum Gasteiger partial charge on any atom is 0.188 e. The molecule has 0 saturated carbocycles. The second-order valence-electron chi connectivity index (χ2n) is 31.9. The van der Waals surface area contributed by atoms with Crippen LogP contribution in [0.5, 0.6) is 34.5 Å². The van der Waals surface area contributed by atoms with Crippen molar-refractivity contribution in [2.24, 2.45) is 0 Å². The van der Waals surface area contributed by atoms with Gasteiger partial charge in [-0.25, -0.2) is 39.9 Å². The van der Waals surface area contributed by atoms with Gasteiger partial charge in [0, 0.05) is 219 Å². The van der Waals surface area contributed by atoms with Crippen LogP contribution in [0.4, 0.5) is 0 Å². The van der Waals surface area contributed by atoms with Crippen molar-refractivity contribution in [1.29, 1.82) is 0 Å². The van der Waals surface area contributed by atoms with Crippen molar-refractivity contribution in [3.63, 3.8) is 0 Å². The van der Waals surface area contributed by atoms with E-state index >= 15 is 0 Å². The predicted molar refractivity (Wildman–Crippen MR) is 514 cm³/mol. The molecule has 12 aromatic heterocycles. The van der Waals surface area contributed by atoms with Gasteiger partial charge < -0.3 is 56.8 Å². The van der Waals surface area contributed by atoms with Crippen molar-refractivity contribution < 1.29 is 85.6 Å². The number of nitrogens with zero attached hydrogens (tertiary/aromatic N) is 12. The first kappa shape index (κ1) is 108. The van der Waals surface area contributed by atoms with Gasteiger partial charge in [0.15, 0.2) is 34.7 Å². The van der Waals surface area contributed by atoms with E-state index in [4.69, 9.17) is 56.8 Å². The highest BCUT2D eigenvalue weighted by molar-refractivity contribution is 7.10. The molecule has 0 fully saturated rings. The number of aryl methyl sites for hydroxylation is 10. The van der Waals surface area contributed by atoms with Crippen LogP contribution in [0.2, 0.25) is 0 Å². The summed E-state index contributed by atoms with van der Waals surface area (Å²) >= 11 is 2.98. The highest BCUT2D eigenvalue weighted by Crippen LogP contribution is 2.26. The summed E-state index contributed by atoms with van der Waals surface area (Å²) in [4.78, 5) is 126. The molecule has 0 aliphatic rings. The van der Waals surface area contributed by atoms with Crippen LogP contribution in [0.3, 0.4) is 0 Å². The maximum atomic E-state index is 12.4. The molecule has 0 amide bonds. The van der Waals surface area contributed by atoms with Gasteiger partial charge in [0.2, 0.25) is 0 Å². The zero-order valence-corrected chi connectivity index (χ0v) is 82.3. The molecule has 12 aromatic rings. The minimum Gasteiger partial charge on any atom is -0.488 e. The van der Waals surface area contributed by atoms with Crippen LogP contribution in [0.1, 0.15) is 194 Å². The fourth-order valence-corrected chi connectivity index (χ4v) is 14.3. The summed E-state index contributed by atoms with van der Waals surface area (Å²) < 4.78 is 64.8. The van der Waals surface area contributed by atoms with E-state index in [2.05, 4.69) is 59.8 Å². The highest BCUT2D eigenvalue weighted by Gasteiger charge is 2.22. The zero-order chi connectivity index (χ0) is 97.8. The third-order valence-electron chi connectivity index (χ3n) is 18.4. The minimum atomic E-state index is -0.0940. The Morgan fingerprint density at radius 2 is 0.478 bits per heavy atom. The highest BCUT2D eigenvalue weighted by atomic mass is 32.1. The molecule has 0 aliphatic carbocycles. The van der Waals surface area contributed by atoms with Crippen molar-refractivity contribution >= 4 is 57.4 Å². The van der Waals surface area contributed by atoms with Crippen molar-refractivity contribution in [2.45, 2.75) is 186 Å². The fraction of sp³-hybridized carbons (Fsp3) is 0.392. The van der Waals surface area contributed by atoms with Crippen LogP contribution in [0.15, 0.2) is 169 Å². The molecular formula is C102H124N12O18S2. The Hall–Kier alpha value is -12.7. The second kappa shape index (κ2) is 57.0. The molecule has 0 unspecified atom stereocenters. The third-order valence-corrected chi connectivity index (χ3v) is 20.4. The lowest BCUT2D eigenvalue weighted by Gasteiger charge is -2.14. The van der Waals surface area contributed by atoms with Crippen molar-refractivity contribution in [2.75, 3.05) is 82.3 Å². The van der Waals surface area contributed by atoms with E-state index in [1.807, 2.05) is 219 Å². The number of ketones is 6. The first-order valence-corrected chi connectivity index (χ1v) is 45.3. The normalized spacial score (nSPS) is 12.0. The Labute approximate surface area is 793 Å². The van der Waals surface area contributed by atoms with Gasteiger partial charge in [-0.05, 0) is 158 Å². The van der Waals surface area contributed by atoms with Crippen LogP contribution in [0, 0.1) is 69.2 Å². The molecule has 0 N–H and O–H groups in total. The number of ether oxygens (including phenoxy) is 12. The van der Waals surface area contributed by atoms with Gasteiger partial charge in [0.05, 0.1) is 78.2 Å². The van der Waals surface area contributed by atoms with E-state index in [1.54, 1.807) is 104 Å². The van der Waals surface area contributed by atoms with E-state index in [-0.39, 0.29) is 110 Å². The summed E-state index contributed by atoms with van der Waals surface area (Å²) in [5.74, 6) is 3.37. The summed E-state index contributed by atoms with van der Waals surface area (Å²) in [6.45, 7) is 33.2. The van der Waals surface area contributed by atoms with Crippen molar-refractivity contribution in [3.05, 3.63) is 293 Å². The molecule has 6 atom stereocenters. The van der Waals surface area contributed by atoms with Crippen LogP contribution in [0.25, 0.3) is 0 Å². The number of thiazole rings is 2. The molecule has 32 heteroatoms. The molecule has 30 nitrogen and oxygen atoms in total. The largest absolute Gasteiger partial charge is 0.488 e. The number of carbonyl (C=O) groups excluding carboxylic acids is 6. The van der Waals surface area contributed by atoms with E-state index in [0.29, 0.717) is 108 Å². The number of hydrogen-bond acceptors (Lipinski definition) is 32. The molecule has 0 bridgehead atoms. The minimum absolute atomic E-state index is 0.0534. The summed E-state index contributed by atoms with van der Waals surface area (Å²) in [5, 5.41) is 5.49. The van der Waals surface area contributed by atoms with Crippen LogP contribution in [-0.4, -0.2) is 213 Å². The monoisotopic (exact) mass is 1870 g/mol. The van der Waals surface area contributed by atoms with E-state index < -0.39 is 0 Å². The summed E-state index contributed by atoms with van der Waals surface area (Å²) in [6.07, 6.45) is 7.75. The Kier molecular flexibility index (Phi) is 46.1. The van der Waals surface area contributed by atoms with Gasteiger partial charge in [0.25, 0.3) is 0 Å². The Balaban J connectivity index is 0.000000219. The van der Waals surface area contributed by atoms with Crippen LogP contribution in [-0.2, 0) is 66.9 Å². The molecule has 712 valence electrons. The Bertz CT molecular complexity index is 5350. The average Bonchev–Trinajstić information content (AvgIpc) is 1.60. The topological polar surface area (TPSA) is 368 Å². The molecule has 12 rings (SSSR count). The lowest BCUT2D eigenvalue weighted by atomic mass is 10.1. The summed E-state index contributed by atoms with van der Waals surface area (Å²) in [7, 11) is 9.76. The van der Waals surface area contributed by atoms with Gasteiger partial charge >= 0.3 is 0 Å². The van der Waals surface area contributed by atoms with E-state index in [1.165, 1.54) is 22.7 Å². The fourth-order valence-electron chi connectivity index (χ4n) is 12.7. The first-order valence-electron chi connectivity index (χ1n) is 43.6. The molecule has 12 heterocycles. The van der Waals surface area contributed by atoms with Crippen LogP contribution < -0.4 is 28.4 Å². The SMILES string of the molecule is COC[C@@H](C)Oc1cc(C)nc(C(=O)Cc2ccc(C)cn2)c1.COC[C@@H](C)Oc1cc(C)nc(C(=O)Cc2ccccn2)c1.COC[C@@H](C)Oc1cc(C)nc(C(=O)Cc2nc(C)cs2)c1.COC[C@H](C)Oc1cc(C)nc(C(=O)Cc2ccc(C)cn2)c1.COC[C@H](C)Oc1cc(C)nc(C(=O)Cc2ccccn2)c1.COC[C@H](C)Oc1cc(C)nc(C(=O)Cc2nc(C)cs2)c1. The molecule has 0 spiro atoms. The predicted octanol–water partition coefficient (Wildman–Crippen LogP) is 17.1. The van der Waals surface area contributed by atoms with Crippen molar-refractivity contribution in [3.8, 4) is 34.5 Å². The first-order chi connectivity index (χ1) is 64.1. The van der Waals surface area contributed by atoms with Gasteiger partial charge in [-0.1, -0.05) is 24.3 Å². The lowest BCUT2D eigenvalue weighted by Crippen LogP contribution is -2.18. The number of pyridine rings is 10. The van der Waals surface area contributed by atoms with E-state index in [0.717, 1.165) is 89.5 Å². The Morgan fingerprint density at radius 3 is 0.657 bits per heavy atom. The molecule has 0 aliphatic heterocycles. The second-order valence-corrected chi connectivity index (χ2v) is 33.8. The quantitative estimate of drug-likeness (QED) is 0.0321. The van der Waals surface area contributed by atoms with Crippen molar-refractivity contribution in [1.82, 2.24) is 59.8 Å². The smallest absolute Gasteiger partial charge is 0.188 e. The number of aromatic nitrogens is 12. The van der Waals surface area contributed by atoms with Crippen LogP contribution >= 0.6 is 22.7 Å². The van der Waals surface area contributed by atoms with Gasteiger partial charge in [-0.2, -0.15) is 0 Å². The maximum absolute atomic E-state index is 12.4. The number of Topliss-reactive ketones (excluding diaryl/α,β-unsaturated/α-hetero) is 6. The lowest BCUT2D eigenvalue weighted by molar-refractivity contribution is 0.0913. The molecule has 134 heavy (non-hydrogen) atoms. The molecule has 0 radical (unpaired) electrons. The zero-order valence-electron chi connectivity index (χ0n) is 80.6. The summed E-state index contributed by atoms with van der Waals surface area (Å²) in [6, 6.07) is 39.6.